The molecule has 1 aromatic rings. The average molecular weight is 203 g/mol. The molecule has 0 atom stereocenters. The fraction of sp³-hybridized carbons (Fsp3) is 0.273. The van der Waals surface area contributed by atoms with Crippen LogP contribution < -0.4 is 11.1 Å². The third kappa shape index (κ3) is 3.41. The maximum absolute atomic E-state index is 11.4. The van der Waals surface area contributed by atoms with Crippen molar-refractivity contribution in [2.45, 2.75) is 6.92 Å². The van der Waals surface area contributed by atoms with Crippen LogP contribution in [0.25, 0.3) is 0 Å². The van der Waals surface area contributed by atoms with Crippen LogP contribution in [0.4, 0.5) is 0 Å². The Morgan fingerprint density at radius 3 is 3.07 bits per heavy atom. The van der Waals surface area contributed by atoms with Crippen LogP contribution >= 0.6 is 0 Å². The van der Waals surface area contributed by atoms with E-state index in [1.165, 1.54) is 6.20 Å². The maximum atomic E-state index is 11.4. The molecule has 3 N–H and O–H groups in total. The van der Waals surface area contributed by atoms with Crippen LogP contribution in [-0.2, 0) is 0 Å². The van der Waals surface area contributed by atoms with Gasteiger partial charge in [0.05, 0.1) is 12.1 Å². The molecule has 1 rings (SSSR count). The number of nitrogens with two attached hydrogens (primary N) is 1. The molecule has 0 aliphatic carbocycles. The van der Waals surface area contributed by atoms with Crippen LogP contribution in [0.15, 0.2) is 18.5 Å². The molecule has 0 saturated carbocycles. The Labute approximate surface area is 88.9 Å². The van der Waals surface area contributed by atoms with Gasteiger partial charge in [0, 0.05) is 24.5 Å². The Bertz CT molecular complexity index is 404. The van der Waals surface area contributed by atoms with Gasteiger partial charge in [-0.25, -0.2) is 0 Å². The van der Waals surface area contributed by atoms with Crippen molar-refractivity contribution < 1.29 is 4.79 Å². The highest BCUT2D eigenvalue weighted by atomic mass is 16.1. The fourth-order valence-electron chi connectivity index (χ4n) is 1.05. The van der Waals surface area contributed by atoms with Crippen LogP contribution in [-0.4, -0.2) is 24.0 Å². The second-order valence-corrected chi connectivity index (χ2v) is 2.83. The molecular weight excluding hydrogens is 190 g/mol. The number of amides is 1. The summed E-state index contributed by atoms with van der Waals surface area (Å²) in [5.74, 6) is 5.40. The largest absolute Gasteiger partial charge is 0.352 e. The number of pyridine rings is 1. The summed E-state index contributed by atoms with van der Waals surface area (Å²) in [6.07, 6.45) is 3.12. The molecular formula is C11H13N3O. The first kappa shape index (κ1) is 11.2. The van der Waals surface area contributed by atoms with E-state index in [0.29, 0.717) is 24.2 Å². The van der Waals surface area contributed by atoms with Gasteiger partial charge in [0.1, 0.15) is 0 Å². The van der Waals surface area contributed by atoms with E-state index in [9.17, 15) is 4.79 Å². The Morgan fingerprint density at radius 2 is 2.40 bits per heavy atom. The van der Waals surface area contributed by atoms with Crippen molar-refractivity contribution in [2.75, 3.05) is 13.1 Å². The first-order valence-electron chi connectivity index (χ1n) is 4.70. The van der Waals surface area contributed by atoms with Gasteiger partial charge in [0.2, 0.25) is 0 Å². The second-order valence-electron chi connectivity index (χ2n) is 2.83. The minimum Gasteiger partial charge on any atom is -0.352 e. The van der Waals surface area contributed by atoms with Crippen molar-refractivity contribution in [3.8, 4) is 11.8 Å². The fourth-order valence-corrected chi connectivity index (χ4v) is 1.05. The zero-order valence-corrected chi connectivity index (χ0v) is 8.58. The lowest BCUT2D eigenvalue weighted by atomic mass is 10.2. The van der Waals surface area contributed by atoms with Gasteiger partial charge in [-0.15, -0.1) is 0 Å². The number of hydrogen-bond acceptors (Lipinski definition) is 3. The molecule has 0 aliphatic rings. The predicted molar refractivity (Wildman–Crippen MR) is 58.2 cm³/mol. The van der Waals surface area contributed by atoms with Gasteiger partial charge in [0.15, 0.2) is 0 Å². The molecule has 0 aromatic carbocycles. The molecule has 1 heterocycles. The molecule has 0 saturated heterocycles. The average Bonchev–Trinajstić information content (AvgIpc) is 2.27. The van der Waals surface area contributed by atoms with Crippen LogP contribution in [0.5, 0.6) is 0 Å². The second kappa shape index (κ2) is 5.78. The number of hydrogen-bond donors (Lipinski definition) is 2. The number of nitrogens with one attached hydrogen (secondary N) is 1. The number of carbonyl (C=O) groups is 1. The molecule has 0 spiro atoms. The number of carbonyl (C=O) groups excluding carboxylic acids is 1. The SMILES string of the molecule is CCNC(=O)c1cncc(C#CCN)c1. The predicted octanol–water partition coefficient (Wildman–Crippen LogP) is 0.142. The van der Waals surface area contributed by atoms with Crippen molar-refractivity contribution in [1.29, 1.82) is 0 Å². The van der Waals surface area contributed by atoms with E-state index in [1.54, 1.807) is 12.3 Å². The molecule has 1 amide bonds. The van der Waals surface area contributed by atoms with Gasteiger partial charge in [-0.3, -0.25) is 9.78 Å². The molecule has 4 heteroatoms. The minimum absolute atomic E-state index is 0.138. The van der Waals surface area contributed by atoms with Crippen molar-refractivity contribution in [2.24, 2.45) is 5.73 Å². The van der Waals surface area contributed by atoms with Gasteiger partial charge in [-0.2, -0.15) is 0 Å². The quantitative estimate of drug-likeness (QED) is 0.672. The topological polar surface area (TPSA) is 68.0 Å². The number of rotatable bonds is 2. The lowest BCUT2D eigenvalue weighted by Crippen LogP contribution is -2.22. The molecule has 4 nitrogen and oxygen atoms in total. The number of aromatic nitrogens is 1. The highest BCUT2D eigenvalue weighted by Gasteiger charge is 2.03. The van der Waals surface area contributed by atoms with E-state index in [2.05, 4.69) is 22.1 Å². The Morgan fingerprint density at radius 1 is 1.60 bits per heavy atom. The summed E-state index contributed by atoms with van der Waals surface area (Å²) in [6.45, 7) is 2.76. The van der Waals surface area contributed by atoms with Gasteiger partial charge in [-0.05, 0) is 13.0 Å². The summed E-state index contributed by atoms with van der Waals surface area (Å²) >= 11 is 0. The lowest BCUT2D eigenvalue weighted by Gasteiger charge is -2.01. The molecule has 0 bridgehead atoms. The summed E-state index contributed by atoms with van der Waals surface area (Å²) in [7, 11) is 0. The molecule has 0 unspecified atom stereocenters. The van der Waals surface area contributed by atoms with E-state index in [4.69, 9.17) is 5.73 Å². The molecule has 0 aliphatic heterocycles. The smallest absolute Gasteiger partial charge is 0.252 e. The van der Waals surface area contributed by atoms with E-state index in [-0.39, 0.29) is 5.91 Å². The van der Waals surface area contributed by atoms with Gasteiger partial charge < -0.3 is 11.1 Å². The Balaban J connectivity index is 2.87. The third-order valence-corrected chi connectivity index (χ3v) is 1.67. The zero-order valence-electron chi connectivity index (χ0n) is 8.58. The van der Waals surface area contributed by atoms with Gasteiger partial charge in [-0.1, -0.05) is 11.8 Å². The normalized spacial score (nSPS) is 8.93. The first-order chi connectivity index (χ1) is 7.27. The van der Waals surface area contributed by atoms with Gasteiger partial charge in [0.25, 0.3) is 5.91 Å². The van der Waals surface area contributed by atoms with E-state index < -0.39 is 0 Å². The highest BCUT2D eigenvalue weighted by Crippen LogP contribution is 2.01. The van der Waals surface area contributed by atoms with Crippen LogP contribution in [0.2, 0.25) is 0 Å². The summed E-state index contributed by atoms with van der Waals surface area (Å²) in [6, 6.07) is 1.70. The number of nitrogens with zero attached hydrogens (tertiary/aromatic N) is 1. The highest BCUT2D eigenvalue weighted by molar-refractivity contribution is 5.94. The minimum atomic E-state index is -0.138. The first-order valence-corrected chi connectivity index (χ1v) is 4.70. The summed E-state index contributed by atoms with van der Waals surface area (Å²) < 4.78 is 0. The molecule has 15 heavy (non-hydrogen) atoms. The van der Waals surface area contributed by atoms with Crippen LogP contribution in [0.3, 0.4) is 0 Å². The molecule has 0 fully saturated rings. The van der Waals surface area contributed by atoms with E-state index in [0.717, 1.165) is 0 Å². The maximum Gasteiger partial charge on any atom is 0.252 e. The lowest BCUT2D eigenvalue weighted by molar-refractivity contribution is 0.0955. The van der Waals surface area contributed by atoms with Crippen molar-refractivity contribution >= 4 is 5.91 Å². The summed E-state index contributed by atoms with van der Waals surface area (Å²) in [5, 5.41) is 2.69. The molecule has 0 radical (unpaired) electrons. The van der Waals surface area contributed by atoms with Crippen molar-refractivity contribution in [3.63, 3.8) is 0 Å². The summed E-state index contributed by atoms with van der Waals surface area (Å²) in [5.41, 5.74) is 6.46. The van der Waals surface area contributed by atoms with E-state index >= 15 is 0 Å². The van der Waals surface area contributed by atoms with E-state index in [1.807, 2.05) is 6.92 Å². The zero-order chi connectivity index (χ0) is 11.1. The monoisotopic (exact) mass is 203 g/mol. The van der Waals surface area contributed by atoms with Crippen molar-refractivity contribution in [1.82, 2.24) is 10.3 Å². The Hall–Kier alpha value is -1.86. The van der Waals surface area contributed by atoms with Crippen LogP contribution in [0.1, 0.15) is 22.8 Å². The standard InChI is InChI=1S/C11H13N3O/c1-2-14-11(15)10-6-9(4-3-5-12)7-13-8-10/h6-8H,2,5,12H2,1H3,(H,14,15). The third-order valence-electron chi connectivity index (χ3n) is 1.67. The van der Waals surface area contributed by atoms with Gasteiger partial charge >= 0.3 is 0 Å². The van der Waals surface area contributed by atoms with Crippen LogP contribution in [0, 0.1) is 11.8 Å². The molecule has 1 aromatic heterocycles. The Kier molecular flexibility index (Phi) is 4.32. The summed E-state index contributed by atoms with van der Waals surface area (Å²) in [4.78, 5) is 15.4. The van der Waals surface area contributed by atoms with Crippen molar-refractivity contribution in [3.05, 3.63) is 29.6 Å². The molecule has 78 valence electrons.